The first-order chi connectivity index (χ1) is 16.7. The SMILES string of the molecule is COC1CN(C(=O)c2cc(C)ccc2C)CC1Oc1cccc(CS(=O)(=O)N2CC3CC(C2)O3)c1. The van der Waals surface area contributed by atoms with Gasteiger partial charge in [0.2, 0.25) is 10.0 Å². The highest BCUT2D eigenvalue weighted by molar-refractivity contribution is 7.88. The van der Waals surface area contributed by atoms with Gasteiger partial charge in [0.1, 0.15) is 18.0 Å². The maximum Gasteiger partial charge on any atom is 0.254 e. The average Bonchev–Trinajstić information content (AvgIpc) is 3.22. The number of fused-ring (bicyclic) bond motifs is 2. The van der Waals surface area contributed by atoms with Crippen molar-refractivity contribution in [1.82, 2.24) is 9.21 Å². The Morgan fingerprint density at radius 1 is 1.03 bits per heavy atom. The topological polar surface area (TPSA) is 85.4 Å². The molecule has 8 nitrogen and oxygen atoms in total. The summed E-state index contributed by atoms with van der Waals surface area (Å²) in [5, 5.41) is 0. The molecular weight excluding hydrogens is 468 g/mol. The quantitative estimate of drug-likeness (QED) is 0.581. The highest BCUT2D eigenvalue weighted by Crippen LogP contribution is 2.31. The van der Waals surface area contributed by atoms with Gasteiger partial charge in [0.15, 0.2) is 0 Å². The van der Waals surface area contributed by atoms with Crippen LogP contribution in [0.2, 0.25) is 0 Å². The van der Waals surface area contributed by atoms with E-state index in [2.05, 4.69) is 0 Å². The van der Waals surface area contributed by atoms with Crippen molar-refractivity contribution in [3.8, 4) is 5.75 Å². The number of methoxy groups -OCH3 is 1. The van der Waals surface area contributed by atoms with E-state index in [9.17, 15) is 13.2 Å². The van der Waals surface area contributed by atoms with E-state index < -0.39 is 10.0 Å². The maximum absolute atomic E-state index is 13.2. The van der Waals surface area contributed by atoms with Crippen molar-refractivity contribution in [2.75, 3.05) is 33.3 Å². The molecule has 2 aromatic carbocycles. The van der Waals surface area contributed by atoms with Crippen LogP contribution in [-0.2, 0) is 25.2 Å². The van der Waals surface area contributed by atoms with Gasteiger partial charge in [-0.3, -0.25) is 4.79 Å². The lowest BCUT2D eigenvalue weighted by Gasteiger charge is -2.46. The number of hydrogen-bond acceptors (Lipinski definition) is 6. The number of likely N-dealkylation sites (tertiary alicyclic amines) is 1. The summed E-state index contributed by atoms with van der Waals surface area (Å²) in [6, 6.07) is 13.0. The molecule has 4 heterocycles. The van der Waals surface area contributed by atoms with Gasteiger partial charge in [0.05, 0.1) is 31.1 Å². The van der Waals surface area contributed by atoms with Gasteiger partial charge in [0, 0.05) is 32.2 Å². The Labute approximate surface area is 206 Å². The van der Waals surface area contributed by atoms with Crippen molar-refractivity contribution in [1.29, 1.82) is 0 Å². The Hall–Kier alpha value is -2.46. The van der Waals surface area contributed by atoms with Crippen molar-refractivity contribution < 1.29 is 27.4 Å². The lowest BCUT2D eigenvalue weighted by molar-refractivity contribution is -0.164. The average molecular weight is 501 g/mol. The molecule has 4 aliphatic rings. The molecule has 6 rings (SSSR count). The molecule has 188 valence electrons. The lowest BCUT2D eigenvalue weighted by atomic mass is 10.0. The van der Waals surface area contributed by atoms with Crippen molar-refractivity contribution >= 4 is 15.9 Å². The first-order valence-corrected chi connectivity index (χ1v) is 13.6. The largest absolute Gasteiger partial charge is 0.486 e. The van der Waals surface area contributed by atoms with Gasteiger partial charge in [-0.05, 0) is 43.2 Å². The second-order valence-electron chi connectivity index (χ2n) is 9.80. The summed E-state index contributed by atoms with van der Waals surface area (Å²) in [6.07, 6.45) is 0.366. The molecule has 4 fully saturated rings. The van der Waals surface area contributed by atoms with Crippen molar-refractivity contribution in [2.45, 2.75) is 50.4 Å². The van der Waals surface area contributed by atoms with Gasteiger partial charge in [-0.1, -0.05) is 29.8 Å². The van der Waals surface area contributed by atoms with Gasteiger partial charge in [0.25, 0.3) is 5.91 Å². The molecule has 0 spiro atoms. The number of ether oxygens (including phenoxy) is 3. The van der Waals surface area contributed by atoms with Crippen LogP contribution in [0.3, 0.4) is 0 Å². The minimum atomic E-state index is -3.44. The van der Waals surface area contributed by atoms with Gasteiger partial charge < -0.3 is 19.1 Å². The van der Waals surface area contributed by atoms with Crippen LogP contribution in [0.5, 0.6) is 5.75 Å². The third kappa shape index (κ3) is 5.09. The summed E-state index contributed by atoms with van der Waals surface area (Å²) in [7, 11) is -1.82. The number of rotatable bonds is 7. The van der Waals surface area contributed by atoms with E-state index in [0.717, 1.165) is 17.5 Å². The molecule has 2 aromatic rings. The number of hydrogen-bond donors (Lipinski definition) is 0. The predicted molar refractivity (Wildman–Crippen MR) is 131 cm³/mol. The lowest BCUT2D eigenvalue weighted by Crippen LogP contribution is -2.58. The molecule has 4 unspecified atom stereocenters. The van der Waals surface area contributed by atoms with Crippen LogP contribution in [0.15, 0.2) is 42.5 Å². The van der Waals surface area contributed by atoms with E-state index in [1.165, 1.54) is 4.31 Å². The molecule has 4 aliphatic heterocycles. The summed E-state index contributed by atoms with van der Waals surface area (Å²) in [5.74, 6) is 0.442. The van der Waals surface area contributed by atoms with Gasteiger partial charge >= 0.3 is 0 Å². The van der Waals surface area contributed by atoms with Crippen LogP contribution in [0.4, 0.5) is 0 Å². The molecule has 0 N–H and O–H groups in total. The molecule has 35 heavy (non-hydrogen) atoms. The molecule has 4 saturated heterocycles. The molecule has 2 bridgehead atoms. The number of sulfonamides is 1. The third-order valence-electron chi connectivity index (χ3n) is 7.08. The highest BCUT2D eigenvalue weighted by Gasteiger charge is 2.42. The fourth-order valence-corrected chi connectivity index (χ4v) is 6.69. The predicted octanol–water partition coefficient (Wildman–Crippen LogP) is 2.52. The molecule has 1 amide bonds. The summed E-state index contributed by atoms with van der Waals surface area (Å²) in [4.78, 5) is 15.0. The van der Waals surface area contributed by atoms with Crippen molar-refractivity contribution in [3.63, 3.8) is 0 Å². The van der Waals surface area contributed by atoms with Crippen LogP contribution in [0, 0.1) is 13.8 Å². The zero-order valence-electron chi connectivity index (χ0n) is 20.3. The minimum absolute atomic E-state index is 0.0285. The van der Waals surface area contributed by atoms with E-state index in [1.807, 2.05) is 38.1 Å². The maximum atomic E-state index is 13.2. The Balaban J connectivity index is 1.26. The van der Waals surface area contributed by atoms with Crippen molar-refractivity contribution in [2.24, 2.45) is 0 Å². The monoisotopic (exact) mass is 500 g/mol. The number of benzene rings is 2. The summed E-state index contributed by atoms with van der Waals surface area (Å²) < 4.78 is 44.9. The second kappa shape index (κ2) is 9.54. The Bertz CT molecular complexity index is 1200. The van der Waals surface area contributed by atoms with Crippen LogP contribution >= 0.6 is 0 Å². The standard InChI is InChI=1S/C26H32N2O6S/c1-17-7-8-18(2)23(9-17)26(29)27-14-24(32-3)25(15-27)34-20-6-4-5-19(10-20)16-35(30,31)28-12-21-11-22(13-28)33-21/h4-10,21-22,24-25H,11-16H2,1-3H3. The molecule has 9 heteroatoms. The van der Waals surface area contributed by atoms with Crippen LogP contribution in [-0.4, -0.2) is 81.2 Å². The molecule has 4 atom stereocenters. The van der Waals surface area contributed by atoms with Crippen molar-refractivity contribution in [3.05, 3.63) is 64.7 Å². The fraction of sp³-hybridized carbons (Fsp3) is 0.500. The summed E-state index contributed by atoms with van der Waals surface area (Å²) >= 11 is 0. The smallest absolute Gasteiger partial charge is 0.254 e. The number of morpholine rings is 1. The molecule has 0 aliphatic carbocycles. The molecule has 0 aromatic heterocycles. The zero-order chi connectivity index (χ0) is 24.7. The highest BCUT2D eigenvalue weighted by atomic mass is 32.2. The first-order valence-electron chi connectivity index (χ1n) is 12.0. The number of piperidine rings is 1. The first kappa shape index (κ1) is 24.2. The minimum Gasteiger partial charge on any atom is -0.486 e. The van der Waals surface area contributed by atoms with E-state index in [-0.39, 0.29) is 36.1 Å². The fourth-order valence-electron chi connectivity index (χ4n) is 5.12. The number of aryl methyl sites for hydroxylation is 2. The Morgan fingerprint density at radius 2 is 1.74 bits per heavy atom. The number of amides is 1. The normalized spacial score (nSPS) is 26.4. The Kier molecular flexibility index (Phi) is 6.61. The van der Waals surface area contributed by atoms with E-state index >= 15 is 0 Å². The van der Waals surface area contributed by atoms with Gasteiger partial charge in [-0.2, -0.15) is 4.31 Å². The van der Waals surface area contributed by atoms with Crippen LogP contribution in [0.1, 0.15) is 33.5 Å². The summed E-state index contributed by atoms with van der Waals surface area (Å²) in [5.41, 5.74) is 3.33. The number of nitrogens with zero attached hydrogens (tertiary/aromatic N) is 2. The Morgan fingerprint density at radius 3 is 2.46 bits per heavy atom. The van der Waals surface area contributed by atoms with E-state index in [0.29, 0.717) is 43.1 Å². The van der Waals surface area contributed by atoms with E-state index in [4.69, 9.17) is 14.2 Å². The summed E-state index contributed by atoms with van der Waals surface area (Å²) in [6.45, 7) is 5.58. The number of carbonyl (C=O) groups excluding carboxylic acids is 1. The molecular formula is C26H32N2O6S. The zero-order valence-corrected chi connectivity index (χ0v) is 21.2. The molecule has 0 radical (unpaired) electrons. The van der Waals surface area contributed by atoms with Crippen LogP contribution in [0.25, 0.3) is 0 Å². The van der Waals surface area contributed by atoms with Gasteiger partial charge in [-0.15, -0.1) is 0 Å². The molecule has 0 saturated carbocycles. The van der Waals surface area contributed by atoms with Gasteiger partial charge in [-0.25, -0.2) is 8.42 Å². The third-order valence-corrected chi connectivity index (χ3v) is 8.87. The number of carbonyl (C=O) groups is 1. The second-order valence-corrected chi connectivity index (χ2v) is 11.8. The van der Waals surface area contributed by atoms with E-state index in [1.54, 1.807) is 30.2 Å². The van der Waals surface area contributed by atoms with Crippen LogP contribution < -0.4 is 4.74 Å².